The van der Waals surface area contributed by atoms with E-state index in [-0.39, 0.29) is 4.90 Å². The van der Waals surface area contributed by atoms with E-state index in [1.165, 1.54) is 12.1 Å². The normalized spacial score (nSPS) is 10.7. The van der Waals surface area contributed by atoms with Gasteiger partial charge in [-0.2, -0.15) is 5.26 Å². The van der Waals surface area contributed by atoms with Gasteiger partial charge in [-0.25, -0.2) is 8.42 Å². The van der Waals surface area contributed by atoms with Gasteiger partial charge in [-0.3, -0.25) is 4.72 Å². The zero-order chi connectivity index (χ0) is 15.3. The van der Waals surface area contributed by atoms with Crippen LogP contribution in [0.1, 0.15) is 5.56 Å². The van der Waals surface area contributed by atoms with Crippen molar-refractivity contribution in [2.45, 2.75) is 11.3 Å². The van der Waals surface area contributed by atoms with Crippen molar-refractivity contribution in [3.8, 4) is 6.07 Å². The lowest BCUT2D eigenvalue weighted by Gasteiger charge is -2.09. The third-order valence-corrected chi connectivity index (χ3v) is 4.34. The van der Waals surface area contributed by atoms with Crippen LogP contribution in [0, 0.1) is 11.3 Å². The van der Waals surface area contributed by atoms with Gasteiger partial charge in [-0.1, -0.05) is 12.1 Å². The van der Waals surface area contributed by atoms with Crippen LogP contribution in [0.2, 0.25) is 0 Å². The van der Waals surface area contributed by atoms with Gasteiger partial charge in [0.2, 0.25) is 0 Å². The van der Waals surface area contributed by atoms with Crippen molar-refractivity contribution < 1.29 is 8.42 Å². The zero-order valence-electron chi connectivity index (χ0n) is 11.5. The van der Waals surface area contributed by atoms with Crippen molar-refractivity contribution in [3.63, 3.8) is 0 Å². The molecule has 0 radical (unpaired) electrons. The summed E-state index contributed by atoms with van der Waals surface area (Å²) in [5.41, 5.74) is 2.16. The third-order valence-electron chi connectivity index (χ3n) is 2.94. The van der Waals surface area contributed by atoms with Crippen LogP contribution in [0.25, 0.3) is 0 Å². The van der Waals surface area contributed by atoms with Gasteiger partial charge in [0, 0.05) is 18.4 Å². The van der Waals surface area contributed by atoms with Crippen LogP contribution in [0.3, 0.4) is 0 Å². The highest BCUT2D eigenvalue weighted by Crippen LogP contribution is 2.18. The van der Waals surface area contributed by atoms with Gasteiger partial charge in [-0.05, 0) is 42.0 Å². The van der Waals surface area contributed by atoms with Crippen LogP contribution < -0.4 is 10.0 Å². The van der Waals surface area contributed by atoms with Crippen LogP contribution in [0.5, 0.6) is 0 Å². The van der Waals surface area contributed by atoms with Gasteiger partial charge in [0.1, 0.15) is 0 Å². The number of hydrogen-bond acceptors (Lipinski definition) is 4. The van der Waals surface area contributed by atoms with E-state index in [2.05, 4.69) is 10.0 Å². The highest BCUT2D eigenvalue weighted by molar-refractivity contribution is 7.92. The Morgan fingerprint density at radius 1 is 1.00 bits per heavy atom. The summed E-state index contributed by atoms with van der Waals surface area (Å²) < 4.78 is 27.0. The maximum absolute atomic E-state index is 12.2. The fourth-order valence-electron chi connectivity index (χ4n) is 1.80. The summed E-state index contributed by atoms with van der Waals surface area (Å²) in [4.78, 5) is 0.197. The van der Waals surface area contributed by atoms with E-state index < -0.39 is 10.0 Å². The number of nitrogens with one attached hydrogen (secondary N) is 2. The van der Waals surface area contributed by atoms with Crippen molar-refractivity contribution in [1.82, 2.24) is 0 Å². The summed E-state index contributed by atoms with van der Waals surface area (Å²) in [5.74, 6) is 0. The average Bonchev–Trinajstić information content (AvgIpc) is 2.49. The van der Waals surface area contributed by atoms with Crippen LogP contribution in [-0.2, 0) is 16.4 Å². The number of rotatable bonds is 5. The minimum atomic E-state index is -3.61. The molecule has 0 aromatic heterocycles. The van der Waals surface area contributed by atoms with Crippen LogP contribution in [-0.4, -0.2) is 15.5 Å². The van der Waals surface area contributed by atoms with Crippen LogP contribution in [0.4, 0.5) is 11.4 Å². The molecule has 0 amide bonds. The molecule has 0 spiro atoms. The maximum atomic E-state index is 12.2. The molecule has 0 atom stereocenters. The second-order valence-electron chi connectivity index (χ2n) is 4.41. The standard InChI is InChI=1S/C15H15N3O2S/c1-17-13-6-8-15(9-7-13)21(19,20)18-14-4-2-12(3-5-14)10-11-16/h2-9,17-18H,10H2,1H3. The van der Waals surface area contributed by atoms with E-state index in [1.807, 2.05) is 6.07 Å². The SMILES string of the molecule is CNc1ccc(S(=O)(=O)Nc2ccc(CC#N)cc2)cc1. The number of anilines is 2. The third kappa shape index (κ3) is 3.74. The highest BCUT2D eigenvalue weighted by atomic mass is 32.2. The minimum absolute atomic E-state index is 0.197. The first kappa shape index (κ1) is 14.9. The topological polar surface area (TPSA) is 82.0 Å². The molecular formula is C15H15N3O2S. The molecule has 108 valence electrons. The zero-order valence-corrected chi connectivity index (χ0v) is 12.3. The molecule has 0 fully saturated rings. The Balaban J connectivity index is 2.18. The van der Waals surface area contributed by atoms with Gasteiger partial charge in [0.25, 0.3) is 10.0 Å². The number of nitriles is 1. The summed E-state index contributed by atoms with van der Waals surface area (Å²) in [6.07, 6.45) is 0.304. The van der Waals surface area contributed by atoms with Gasteiger partial charge in [0.15, 0.2) is 0 Å². The molecule has 2 aromatic carbocycles. The number of hydrogen-bond donors (Lipinski definition) is 2. The van der Waals surface area contributed by atoms with Crippen molar-refractivity contribution >= 4 is 21.4 Å². The average molecular weight is 301 g/mol. The second kappa shape index (κ2) is 6.29. The Labute approximate surface area is 124 Å². The Morgan fingerprint density at radius 3 is 2.10 bits per heavy atom. The summed E-state index contributed by atoms with van der Waals surface area (Å²) in [7, 11) is -1.84. The van der Waals surface area contributed by atoms with Crippen molar-refractivity contribution in [2.24, 2.45) is 0 Å². The van der Waals surface area contributed by atoms with Gasteiger partial charge >= 0.3 is 0 Å². The molecule has 0 unspecified atom stereocenters. The lowest BCUT2D eigenvalue weighted by atomic mass is 10.1. The van der Waals surface area contributed by atoms with E-state index in [4.69, 9.17) is 5.26 Å². The predicted octanol–water partition coefficient (Wildman–Crippen LogP) is 2.60. The lowest BCUT2D eigenvalue weighted by molar-refractivity contribution is 0.601. The minimum Gasteiger partial charge on any atom is -0.388 e. The summed E-state index contributed by atoms with van der Waals surface area (Å²) in [5, 5.41) is 11.5. The molecule has 0 aliphatic heterocycles. The highest BCUT2D eigenvalue weighted by Gasteiger charge is 2.13. The molecule has 0 bridgehead atoms. The number of nitrogens with zero attached hydrogens (tertiary/aromatic N) is 1. The molecule has 0 saturated carbocycles. The predicted molar refractivity (Wildman–Crippen MR) is 82.6 cm³/mol. The molecule has 0 saturated heterocycles. The van der Waals surface area contributed by atoms with Crippen LogP contribution >= 0.6 is 0 Å². The first-order chi connectivity index (χ1) is 10.0. The maximum Gasteiger partial charge on any atom is 0.261 e. The van der Waals surface area contributed by atoms with Crippen molar-refractivity contribution in [1.29, 1.82) is 5.26 Å². The van der Waals surface area contributed by atoms with Crippen LogP contribution in [0.15, 0.2) is 53.4 Å². The molecule has 5 nitrogen and oxygen atoms in total. The molecule has 6 heteroatoms. The summed E-state index contributed by atoms with van der Waals surface area (Å²) >= 11 is 0. The Bertz CT molecular complexity index is 745. The second-order valence-corrected chi connectivity index (χ2v) is 6.09. The van der Waals surface area contributed by atoms with Crippen molar-refractivity contribution in [3.05, 3.63) is 54.1 Å². The summed E-state index contributed by atoms with van der Waals surface area (Å²) in [6.45, 7) is 0. The molecule has 2 N–H and O–H groups in total. The fourth-order valence-corrected chi connectivity index (χ4v) is 2.86. The molecule has 0 aliphatic rings. The molecule has 2 aromatic rings. The molecule has 2 rings (SSSR count). The molecule has 0 aliphatic carbocycles. The van der Waals surface area contributed by atoms with Gasteiger partial charge in [-0.15, -0.1) is 0 Å². The van der Waals surface area contributed by atoms with Crippen molar-refractivity contribution in [2.75, 3.05) is 17.1 Å². The Kier molecular flexibility index (Phi) is 4.45. The molecule has 21 heavy (non-hydrogen) atoms. The van der Waals surface area contributed by atoms with E-state index >= 15 is 0 Å². The fraction of sp³-hybridized carbons (Fsp3) is 0.133. The largest absolute Gasteiger partial charge is 0.388 e. The Hall–Kier alpha value is -2.52. The number of sulfonamides is 1. The van der Waals surface area contributed by atoms with E-state index in [0.29, 0.717) is 12.1 Å². The number of benzene rings is 2. The Morgan fingerprint density at radius 2 is 1.57 bits per heavy atom. The first-order valence-electron chi connectivity index (χ1n) is 6.32. The lowest BCUT2D eigenvalue weighted by Crippen LogP contribution is -2.12. The first-order valence-corrected chi connectivity index (χ1v) is 7.80. The molecular weight excluding hydrogens is 286 g/mol. The molecule has 0 heterocycles. The quantitative estimate of drug-likeness (QED) is 0.889. The smallest absolute Gasteiger partial charge is 0.261 e. The summed E-state index contributed by atoms with van der Waals surface area (Å²) in [6, 6.07) is 15.3. The van der Waals surface area contributed by atoms with Gasteiger partial charge in [0.05, 0.1) is 17.4 Å². The van der Waals surface area contributed by atoms with E-state index in [0.717, 1.165) is 11.3 Å². The monoisotopic (exact) mass is 301 g/mol. The van der Waals surface area contributed by atoms with Gasteiger partial charge < -0.3 is 5.32 Å². The van der Waals surface area contributed by atoms with E-state index in [1.54, 1.807) is 43.4 Å². The van der Waals surface area contributed by atoms with E-state index in [9.17, 15) is 8.42 Å².